The van der Waals surface area contributed by atoms with Crippen LogP contribution in [-0.2, 0) is 14.4 Å². The van der Waals surface area contributed by atoms with Crippen molar-refractivity contribution in [3.05, 3.63) is 11.1 Å². The van der Waals surface area contributed by atoms with Crippen LogP contribution in [0.25, 0.3) is 0 Å². The van der Waals surface area contributed by atoms with E-state index < -0.39 is 11.8 Å². The highest BCUT2D eigenvalue weighted by molar-refractivity contribution is 6.27. The van der Waals surface area contributed by atoms with Crippen LogP contribution in [0.1, 0.15) is 6.92 Å². The van der Waals surface area contributed by atoms with Crippen molar-refractivity contribution in [3.63, 3.8) is 0 Å². The Morgan fingerprint density at radius 1 is 1.30 bits per heavy atom. The zero-order valence-corrected chi connectivity index (χ0v) is 5.30. The van der Waals surface area contributed by atoms with Gasteiger partial charge in [0, 0.05) is 5.57 Å². The number of hydrogen-bond donors (Lipinski definition) is 1. The minimum atomic E-state index is -0.600. The van der Waals surface area contributed by atoms with Crippen LogP contribution in [0.4, 0.5) is 0 Å². The fraction of sp³-hybridized carbons (Fsp3) is 0.167. The summed E-state index contributed by atoms with van der Waals surface area (Å²) >= 11 is 0. The van der Waals surface area contributed by atoms with Crippen molar-refractivity contribution in [1.29, 1.82) is 0 Å². The molecule has 0 aromatic heterocycles. The third-order valence-electron chi connectivity index (χ3n) is 1.33. The Hall–Kier alpha value is -1.45. The van der Waals surface area contributed by atoms with E-state index in [1.54, 1.807) is 0 Å². The average Bonchev–Trinajstić information content (AvgIpc) is 2.09. The molecular weight excluding hydrogens is 134 g/mol. The second kappa shape index (κ2) is 2.06. The molecule has 0 radical (unpaired) electrons. The number of carbonyl (C=O) groups is 3. The lowest BCUT2D eigenvalue weighted by Gasteiger charge is -1.84. The van der Waals surface area contributed by atoms with Crippen molar-refractivity contribution in [3.8, 4) is 0 Å². The first-order valence-corrected chi connectivity index (χ1v) is 2.68. The number of hydrogen-bond acceptors (Lipinski definition) is 3. The summed E-state index contributed by atoms with van der Waals surface area (Å²) in [6, 6.07) is 0. The van der Waals surface area contributed by atoms with Crippen molar-refractivity contribution in [2.75, 3.05) is 0 Å². The van der Waals surface area contributed by atoms with Crippen LogP contribution in [0, 0.1) is 0 Å². The molecule has 0 aromatic carbocycles. The van der Waals surface area contributed by atoms with Gasteiger partial charge in [-0.05, 0) is 6.92 Å². The summed E-state index contributed by atoms with van der Waals surface area (Å²) in [4.78, 5) is 31.3. The van der Waals surface area contributed by atoms with E-state index >= 15 is 0 Å². The van der Waals surface area contributed by atoms with Gasteiger partial charge in [-0.2, -0.15) is 0 Å². The van der Waals surface area contributed by atoms with Gasteiger partial charge in [-0.25, -0.2) is 0 Å². The normalized spacial score (nSPS) is 17.7. The van der Waals surface area contributed by atoms with Crippen LogP contribution in [0.3, 0.4) is 0 Å². The fourth-order valence-electron chi connectivity index (χ4n) is 0.699. The lowest BCUT2D eigenvalue weighted by atomic mass is 10.2. The van der Waals surface area contributed by atoms with Crippen LogP contribution in [0.5, 0.6) is 0 Å². The number of imide groups is 1. The lowest BCUT2D eigenvalue weighted by molar-refractivity contribution is -0.124. The molecule has 0 spiro atoms. The molecule has 0 aromatic rings. The molecule has 1 heterocycles. The molecule has 1 rings (SSSR count). The summed E-state index contributed by atoms with van der Waals surface area (Å²) < 4.78 is 0. The number of carbonyl (C=O) groups excluding carboxylic acids is 3. The molecule has 2 amide bonds. The number of amides is 2. The molecule has 4 nitrogen and oxygen atoms in total. The standard InChI is InChI=1S/C6H5NO3/c1-3-4(2-8)6(10)7-5(3)9/h2H,1H3,(H,7,9,10). The zero-order valence-electron chi connectivity index (χ0n) is 5.30. The van der Waals surface area contributed by atoms with Crippen molar-refractivity contribution in [1.82, 2.24) is 5.32 Å². The van der Waals surface area contributed by atoms with Crippen molar-refractivity contribution >= 4 is 18.1 Å². The van der Waals surface area contributed by atoms with Gasteiger partial charge in [0.1, 0.15) is 0 Å². The first-order valence-electron chi connectivity index (χ1n) is 2.68. The maximum Gasteiger partial charge on any atom is 0.261 e. The predicted octanol–water partition coefficient (Wildman–Crippen LogP) is -0.842. The van der Waals surface area contributed by atoms with Gasteiger partial charge >= 0.3 is 0 Å². The minimum absolute atomic E-state index is 0.0648. The van der Waals surface area contributed by atoms with Crippen LogP contribution >= 0.6 is 0 Å². The number of aldehydes is 1. The summed E-state index contributed by atoms with van der Waals surface area (Å²) in [6.45, 7) is 1.43. The van der Waals surface area contributed by atoms with Gasteiger partial charge in [0.15, 0.2) is 6.29 Å². The Labute approximate surface area is 56.9 Å². The Morgan fingerprint density at radius 3 is 2.10 bits per heavy atom. The van der Waals surface area contributed by atoms with Crippen molar-refractivity contribution < 1.29 is 14.4 Å². The predicted molar refractivity (Wildman–Crippen MR) is 31.9 cm³/mol. The molecule has 10 heavy (non-hydrogen) atoms. The van der Waals surface area contributed by atoms with Gasteiger partial charge in [0.05, 0.1) is 5.57 Å². The molecule has 0 fully saturated rings. The van der Waals surface area contributed by atoms with Gasteiger partial charge in [-0.15, -0.1) is 0 Å². The third kappa shape index (κ3) is 0.737. The summed E-state index contributed by atoms with van der Waals surface area (Å²) in [5.74, 6) is -1.08. The third-order valence-corrected chi connectivity index (χ3v) is 1.33. The maximum absolute atomic E-state index is 10.6. The minimum Gasteiger partial charge on any atom is -0.298 e. The largest absolute Gasteiger partial charge is 0.298 e. The van der Waals surface area contributed by atoms with Crippen molar-refractivity contribution in [2.45, 2.75) is 6.92 Å². The summed E-state index contributed by atoms with van der Waals surface area (Å²) in [5.41, 5.74) is 0.130. The van der Waals surface area contributed by atoms with E-state index in [0.29, 0.717) is 6.29 Å². The molecular formula is C6H5NO3. The van der Waals surface area contributed by atoms with E-state index in [2.05, 4.69) is 0 Å². The van der Waals surface area contributed by atoms with Crippen LogP contribution in [-0.4, -0.2) is 18.1 Å². The Balaban J connectivity index is 3.13. The number of nitrogens with one attached hydrogen (secondary N) is 1. The summed E-state index contributed by atoms with van der Waals surface area (Å²) in [6.07, 6.45) is 0.384. The van der Waals surface area contributed by atoms with Gasteiger partial charge in [-0.3, -0.25) is 19.7 Å². The molecule has 4 heteroatoms. The van der Waals surface area contributed by atoms with Crippen LogP contribution < -0.4 is 5.32 Å². The van der Waals surface area contributed by atoms with Crippen LogP contribution in [0.15, 0.2) is 11.1 Å². The van der Waals surface area contributed by atoms with E-state index in [9.17, 15) is 14.4 Å². The highest BCUT2D eigenvalue weighted by Crippen LogP contribution is 2.07. The Kier molecular flexibility index (Phi) is 1.37. The van der Waals surface area contributed by atoms with E-state index in [1.807, 2.05) is 5.32 Å². The van der Waals surface area contributed by atoms with E-state index in [-0.39, 0.29) is 11.1 Å². The molecule has 0 saturated carbocycles. The molecule has 52 valence electrons. The molecule has 0 atom stereocenters. The second-order valence-electron chi connectivity index (χ2n) is 1.94. The fourth-order valence-corrected chi connectivity index (χ4v) is 0.699. The number of rotatable bonds is 1. The SMILES string of the molecule is CC1=C(C=O)C(=O)NC1=O. The van der Waals surface area contributed by atoms with Gasteiger partial charge in [0.25, 0.3) is 11.8 Å². The highest BCUT2D eigenvalue weighted by atomic mass is 16.2. The first kappa shape index (κ1) is 6.67. The van der Waals surface area contributed by atoms with Crippen LogP contribution in [0.2, 0.25) is 0 Å². The second-order valence-corrected chi connectivity index (χ2v) is 1.94. The molecule has 0 aliphatic carbocycles. The monoisotopic (exact) mass is 139 g/mol. The van der Waals surface area contributed by atoms with E-state index in [4.69, 9.17) is 0 Å². The topological polar surface area (TPSA) is 63.2 Å². The van der Waals surface area contributed by atoms with Gasteiger partial charge in [-0.1, -0.05) is 0 Å². The quantitative estimate of drug-likeness (QED) is 0.292. The van der Waals surface area contributed by atoms with Gasteiger partial charge in [0.2, 0.25) is 0 Å². The van der Waals surface area contributed by atoms with E-state index in [0.717, 1.165) is 0 Å². The first-order chi connectivity index (χ1) is 4.66. The smallest absolute Gasteiger partial charge is 0.261 e. The Bertz CT molecular complexity index is 252. The van der Waals surface area contributed by atoms with Crippen molar-refractivity contribution in [2.24, 2.45) is 0 Å². The Morgan fingerprint density at radius 2 is 1.90 bits per heavy atom. The molecule has 0 unspecified atom stereocenters. The van der Waals surface area contributed by atoms with Gasteiger partial charge < -0.3 is 0 Å². The maximum atomic E-state index is 10.6. The summed E-state index contributed by atoms with van der Waals surface area (Å²) in [7, 11) is 0. The molecule has 1 aliphatic heterocycles. The average molecular weight is 139 g/mol. The summed E-state index contributed by atoms with van der Waals surface area (Å²) in [5, 5.41) is 1.98. The molecule has 1 N–H and O–H groups in total. The lowest BCUT2D eigenvalue weighted by Crippen LogP contribution is -2.23. The molecule has 0 saturated heterocycles. The molecule has 0 bridgehead atoms. The molecule has 1 aliphatic rings. The highest BCUT2D eigenvalue weighted by Gasteiger charge is 2.25. The zero-order chi connectivity index (χ0) is 7.72. The van der Waals surface area contributed by atoms with E-state index in [1.165, 1.54) is 6.92 Å².